The first-order valence-corrected chi connectivity index (χ1v) is 6.67. The fourth-order valence-electron chi connectivity index (χ4n) is 1.67. The van der Waals surface area contributed by atoms with Crippen molar-refractivity contribution in [3.63, 3.8) is 0 Å². The van der Waals surface area contributed by atoms with Gasteiger partial charge in [0.15, 0.2) is 5.78 Å². The largest absolute Gasteiger partial charge is 0.449 e. The molecule has 16 heavy (non-hydrogen) atoms. The van der Waals surface area contributed by atoms with Crippen molar-refractivity contribution in [2.75, 3.05) is 6.61 Å². The number of amides is 1. The van der Waals surface area contributed by atoms with Gasteiger partial charge in [-0.1, -0.05) is 42.1 Å². The van der Waals surface area contributed by atoms with Crippen LogP contribution in [0.15, 0.2) is 0 Å². The molecule has 0 aromatic heterocycles. The maximum absolute atomic E-state index is 11.9. The van der Waals surface area contributed by atoms with E-state index in [0.29, 0.717) is 13.0 Å². The Kier molecular flexibility index (Phi) is 5.80. The zero-order valence-corrected chi connectivity index (χ0v) is 11.1. The zero-order valence-electron chi connectivity index (χ0n) is 9.50. The van der Waals surface area contributed by atoms with Crippen molar-refractivity contribution in [1.29, 1.82) is 0 Å². The van der Waals surface area contributed by atoms with Gasteiger partial charge in [-0.3, -0.25) is 4.79 Å². The average Bonchev–Trinajstić information content (AvgIpc) is 2.28. The summed E-state index contributed by atoms with van der Waals surface area (Å²) in [5.74, 6) is 0.0627. The third-order valence-corrected chi connectivity index (χ3v) is 3.55. The molecule has 4 nitrogen and oxygen atoms in total. The van der Waals surface area contributed by atoms with Crippen LogP contribution in [0.1, 0.15) is 39.0 Å². The number of unbranched alkanes of at least 4 members (excludes halogenated alkanes) is 2. The summed E-state index contributed by atoms with van der Waals surface area (Å²) in [7, 11) is 0. The van der Waals surface area contributed by atoms with E-state index in [9.17, 15) is 9.59 Å². The number of Topliss-reactive ketones (excluding diaryl/α,β-unsaturated/α-hetero) is 1. The van der Waals surface area contributed by atoms with Gasteiger partial charge in [0, 0.05) is 6.42 Å². The highest BCUT2D eigenvalue weighted by Crippen LogP contribution is 2.16. The molecular formula is C11H18BrNO3. The second kappa shape index (κ2) is 6.89. The maximum atomic E-state index is 11.9. The molecule has 0 aromatic carbocycles. The van der Waals surface area contributed by atoms with Crippen LogP contribution in [0.2, 0.25) is 0 Å². The molecule has 1 unspecified atom stereocenters. The van der Waals surface area contributed by atoms with Crippen LogP contribution in [-0.2, 0) is 9.53 Å². The highest BCUT2D eigenvalue weighted by atomic mass is 79.9. The fourth-order valence-corrected chi connectivity index (χ4v) is 2.32. The van der Waals surface area contributed by atoms with Gasteiger partial charge in [-0.05, 0) is 6.42 Å². The van der Waals surface area contributed by atoms with E-state index in [2.05, 4.69) is 28.2 Å². The minimum absolute atomic E-state index is 0.0627. The Labute approximate surface area is 104 Å². The van der Waals surface area contributed by atoms with Crippen LogP contribution in [0.4, 0.5) is 4.79 Å². The standard InChI is InChI=1S/C11H18BrNO3/c1-2-3-4-5-8(12)10(14)9-6-7-16-11(15)13-9/h8-9H,2-7H2,1H3,(H,13,15)/t8-,9?/m0/s1. The Balaban J connectivity index is 2.34. The molecular weight excluding hydrogens is 274 g/mol. The van der Waals surface area contributed by atoms with Crippen molar-refractivity contribution in [3.8, 4) is 0 Å². The molecule has 0 aliphatic carbocycles. The topological polar surface area (TPSA) is 55.4 Å². The smallest absolute Gasteiger partial charge is 0.407 e. The van der Waals surface area contributed by atoms with Gasteiger partial charge in [0.25, 0.3) is 0 Å². The van der Waals surface area contributed by atoms with Gasteiger partial charge >= 0.3 is 6.09 Å². The molecule has 1 heterocycles. The number of halogens is 1. The average molecular weight is 292 g/mol. The number of carbonyl (C=O) groups excluding carboxylic acids is 2. The van der Waals surface area contributed by atoms with Crippen molar-refractivity contribution >= 4 is 27.8 Å². The molecule has 0 spiro atoms. The minimum atomic E-state index is -0.488. The van der Waals surface area contributed by atoms with Gasteiger partial charge in [-0.15, -0.1) is 0 Å². The van der Waals surface area contributed by atoms with Crippen molar-refractivity contribution < 1.29 is 14.3 Å². The fraction of sp³-hybridized carbons (Fsp3) is 0.818. The summed E-state index contributed by atoms with van der Waals surface area (Å²) in [6.07, 6.45) is 4.23. The lowest BCUT2D eigenvalue weighted by Gasteiger charge is -2.24. The van der Waals surface area contributed by atoms with Crippen molar-refractivity contribution in [3.05, 3.63) is 0 Å². The third-order valence-electron chi connectivity index (χ3n) is 2.65. The van der Waals surface area contributed by atoms with E-state index in [1.165, 1.54) is 0 Å². The number of alkyl carbamates (subject to hydrolysis) is 1. The van der Waals surface area contributed by atoms with Gasteiger partial charge in [0.2, 0.25) is 0 Å². The Morgan fingerprint density at radius 2 is 2.38 bits per heavy atom. The van der Waals surface area contributed by atoms with Crippen LogP contribution in [0.5, 0.6) is 0 Å². The van der Waals surface area contributed by atoms with E-state index >= 15 is 0 Å². The number of ketones is 1. The maximum Gasteiger partial charge on any atom is 0.407 e. The van der Waals surface area contributed by atoms with Gasteiger partial charge in [-0.2, -0.15) is 0 Å². The van der Waals surface area contributed by atoms with E-state index in [1.54, 1.807) is 0 Å². The molecule has 92 valence electrons. The van der Waals surface area contributed by atoms with Crippen molar-refractivity contribution in [2.24, 2.45) is 0 Å². The summed E-state index contributed by atoms with van der Waals surface area (Å²) in [4.78, 5) is 22.7. The summed E-state index contributed by atoms with van der Waals surface area (Å²) in [6.45, 7) is 2.46. The first-order chi connectivity index (χ1) is 7.65. The lowest BCUT2D eigenvalue weighted by Crippen LogP contribution is -2.48. The van der Waals surface area contributed by atoms with E-state index in [0.717, 1.165) is 25.7 Å². The highest BCUT2D eigenvalue weighted by Gasteiger charge is 2.29. The zero-order chi connectivity index (χ0) is 12.0. The Morgan fingerprint density at radius 1 is 1.62 bits per heavy atom. The Morgan fingerprint density at radius 3 is 3.00 bits per heavy atom. The Bertz CT molecular complexity index is 258. The van der Waals surface area contributed by atoms with Crippen LogP contribution in [0.25, 0.3) is 0 Å². The quantitative estimate of drug-likeness (QED) is 0.604. The molecule has 5 heteroatoms. The van der Waals surface area contributed by atoms with E-state index in [4.69, 9.17) is 4.74 Å². The van der Waals surface area contributed by atoms with E-state index in [-0.39, 0.29) is 16.7 Å². The molecule has 0 aromatic rings. The Hall–Kier alpha value is -0.580. The third kappa shape index (κ3) is 4.12. The van der Waals surface area contributed by atoms with Crippen molar-refractivity contribution in [1.82, 2.24) is 5.32 Å². The van der Waals surface area contributed by atoms with Crippen LogP contribution < -0.4 is 5.32 Å². The van der Waals surface area contributed by atoms with Crippen LogP contribution in [0, 0.1) is 0 Å². The summed E-state index contributed by atoms with van der Waals surface area (Å²) in [5.41, 5.74) is 0. The first-order valence-electron chi connectivity index (χ1n) is 5.76. The predicted octanol–water partition coefficient (Wildman–Crippen LogP) is 2.40. The molecule has 1 saturated heterocycles. The lowest BCUT2D eigenvalue weighted by molar-refractivity contribution is -0.121. The molecule has 0 radical (unpaired) electrons. The second-order valence-corrected chi connectivity index (χ2v) is 5.09. The van der Waals surface area contributed by atoms with Crippen LogP contribution in [0.3, 0.4) is 0 Å². The lowest BCUT2D eigenvalue weighted by atomic mass is 10.0. The number of rotatable bonds is 6. The molecule has 2 atom stereocenters. The minimum Gasteiger partial charge on any atom is -0.449 e. The number of cyclic esters (lactones) is 1. The molecule has 1 aliphatic rings. The van der Waals surface area contributed by atoms with Gasteiger partial charge < -0.3 is 10.1 Å². The molecule has 0 bridgehead atoms. The SMILES string of the molecule is CCCCC[C@H](Br)C(=O)C1CCOC(=O)N1. The predicted molar refractivity (Wildman–Crippen MR) is 64.8 cm³/mol. The molecule has 1 fully saturated rings. The first kappa shape index (κ1) is 13.5. The summed E-state index contributed by atoms with van der Waals surface area (Å²) in [6, 6.07) is -0.382. The van der Waals surface area contributed by atoms with E-state index < -0.39 is 6.09 Å². The second-order valence-electron chi connectivity index (χ2n) is 3.99. The molecule has 1 rings (SSSR count). The molecule has 0 saturated carbocycles. The monoisotopic (exact) mass is 291 g/mol. The number of hydrogen-bond acceptors (Lipinski definition) is 3. The number of alkyl halides is 1. The number of nitrogens with one attached hydrogen (secondary N) is 1. The summed E-state index contributed by atoms with van der Waals surface area (Å²) < 4.78 is 4.72. The molecule has 1 aliphatic heterocycles. The normalized spacial score (nSPS) is 22.1. The number of hydrogen-bond donors (Lipinski definition) is 1. The molecule has 1 N–H and O–H groups in total. The van der Waals surface area contributed by atoms with Gasteiger partial charge in [0.1, 0.15) is 0 Å². The number of carbonyl (C=O) groups is 2. The molecule has 1 amide bonds. The van der Waals surface area contributed by atoms with Crippen molar-refractivity contribution in [2.45, 2.75) is 49.9 Å². The highest BCUT2D eigenvalue weighted by molar-refractivity contribution is 9.10. The summed E-state index contributed by atoms with van der Waals surface area (Å²) in [5, 5.41) is 2.55. The van der Waals surface area contributed by atoms with Gasteiger partial charge in [0.05, 0.1) is 17.5 Å². The summed E-state index contributed by atoms with van der Waals surface area (Å²) >= 11 is 3.39. The number of ether oxygens (including phenoxy) is 1. The van der Waals surface area contributed by atoms with Gasteiger partial charge in [-0.25, -0.2) is 4.79 Å². The van der Waals surface area contributed by atoms with Crippen LogP contribution in [-0.4, -0.2) is 29.4 Å². The van der Waals surface area contributed by atoms with Crippen LogP contribution >= 0.6 is 15.9 Å². The van der Waals surface area contributed by atoms with E-state index in [1.807, 2.05) is 0 Å².